The van der Waals surface area contributed by atoms with E-state index < -0.39 is 0 Å². The van der Waals surface area contributed by atoms with E-state index in [1.807, 2.05) is 30.3 Å². The number of nitriles is 1. The topological polar surface area (TPSA) is 53.0 Å². The minimum atomic E-state index is 0.570. The van der Waals surface area contributed by atoms with Crippen molar-refractivity contribution in [2.75, 3.05) is 17.2 Å². The summed E-state index contributed by atoms with van der Waals surface area (Å²) in [4.78, 5) is 2.16. The molecule has 2 N–H and O–H groups in total. The first-order valence-corrected chi connectivity index (χ1v) is 6.81. The van der Waals surface area contributed by atoms with Crippen molar-refractivity contribution in [2.45, 2.75) is 13.5 Å². The number of nitrogens with zero attached hydrogens (tertiary/aromatic N) is 2. The highest BCUT2D eigenvalue weighted by Gasteiger charge is 2.10. The molecule has 3 nitrogen and oxygen atoms in total. The SMILES string of the molecule is CCN(Cc1ccc(C#N)cc1Cl)c1ccccc1N. The third kappa shape index (κ3) is 3.04. The molecule has 20 heavy (non-hydrogen) atoms. The minimum Gasteiger partial charge on any atom is -0.397 e. The smallest absolute Gasteiger partial charge is 0.0992 e. The molecule has 102 valence electrons. The Hall–Kier alpha value is -2.18. The number of halogens is 1. The van der Waals surface area contributed by atoms with Gasteiger partial charge in [0.2, 0.25) is 0 Å². The number of anilines is 2. The van der Waals surface area contributed by atoms with Crippen LogP contribution in [0.2, 0.25) is 5.02 Å². The van der Waals surface area contributed by atoms with E-state index in [1.165, 1.54) is 0 Å². The van der Waals surface area contributed by atoms with E-state index in [-0.39, 0.29) is 0 Å². The zero-order valence-corrected chi connectivity index (χ0v) is 12.1. The summed E-state index contributed by atoms with van der Waals surface area (Å²) in [6, 6.07) is 15.2. The van der Waals surface area contributed by atoms with Crippen LogP contribution in [0.5, 0.6) is 0 Å². The maximum Gasteiger partial charge on any atom is 0.0992 e. The number of rotatable bonds is 4. The fraction of sp³-hybridized carbons (Fsp3) is 0.188. The van der Waals surface area contributed by atoms with Crippen LogP contribution < -0.4 is 10.6 Å². The summed E-state index contributed by atoms with van der Waals surface area (Å²) in [7, 11) is 0. The fourth-order valence-electron chi connectivity index (χ4n) is 2.09. The predicted octanol–water partition coefficient (Wildman–Crippen LogP) is 3.82. The Balaban J connectivity index is 2.28. The first-order chi connectivity index (χ1) is 9.65. The Morgan fingerprint density at radius 3 is 2.60 bits per heavy atom. The molecule has 0 aliphatic rings. The molecule has 0 heterocycles. The average molecular weight is 286 g/mol. The summed E-state index contributed by atoms with van der Waals surface area (Å²) in [6.07, 6.45) is 0. The monoisotopic (exact) mass is 285 g/mol. The van der Waals surface area contributed by atoms with Gasteiger partial charge in [-0.2, -0.15) is 5.26 Å². The molecule has 0 bridgehead atoms. The second-order valence-corrected chi connectivity index (χ2v) is 4.90. The van der Waals surface area contributed by atoms with Gasteiger partial charge in [-0.25, -0.2) is 0 Å². The number of nitrogen functional groups attached to an aromatic ring is 1. The Labute approximate surface area is 124 Å². The minimum absolute atomic E-state index is 0.570. The van der Waals surface area contributed by atoms with Crippen LogP contribution in [-0.4, -0.2) is 6.54 Å². The van der Waals surface area contributed by atoms with E-state index in [2.05, 4.69) is 17.9 Å². The number of para-hydroxylation sites is 2. The van der Waals surface area contributed by atoms with Gasteiger partial charge in [0, 0.05) is 18.1 Å². The lowest BCUT2D eigenvalue weighted by Gasteiger charge is -2.25. The fourth-order valence-corrected chi connectivity index (χ4v) is 2.33. The van der Waals surface area contributed by atoms with Crippen molar-refractivity contribution in [2.24, 2.45) is 0 Å². The molecule has 2 aromatic carbocycles. The lowest BCUT2D eigenvalue weighted by Crippen LogP contribution is -2.23. The van der Waals surface area contributed by atoms with Gasteiger partial charge in [0.1, 0.15) is 0 Å². The highest BCUT2D eigenvalue weighted by molar-refractivity contribution is 6.31. The molecular formula is C16H16ClN3. The molecule has 0 unspecified atom stereocenters. The molecule has 2 aromatic rings. The molecule has 0 aromatic heterocycles. The van der Waals surface area contributed by atoms with Crippen molar-refractivity contribution in [1.29, 1.82) is 5.26 Å². The summed E-state index contributed by atoms with van der Waals surface area (Å²) in [5, 5.41) is 9.47. The molecule has 4 heteroatoms. The van der Waals surface area contributed by atoms with Gasteiger partial charge in [-0.3, -0.25) is 0 Å². The lowest BCUT2D eigenvalue weighted by atomic mass is 10.1. The number of benzene rings is 2. The molecule has 2 rings (SSSR count). The summed E-state index contributed by atoms with van der Waals surface area (Å²) in [5.41, 5.74) is 9.31. The van der Waals surface area contributed by atoms with E-state index in [0.717, 1.165) is 23.5 Å². The molecule has 0 atom stereocenters. The molecule has 0 aliphatic carbocycles. The van der Waals surface area contributed by atoms with Gasteiger partial charge < -0.3 is 10.6 Å². The molecule has 0 amide bonds. The normalized spacial score (nSPS) is 10.1. The van der Waals surface area contributed by atoms with Gasteiger partial charge in [0.05, 0.1) is 23.0 Å². The highest BCUT2D eigenvalue weighted by Crippen LogP contribution is 2.26. The lowest BCUT2D eigenvalue weighted by molar-refractivity contribution is 0.833. The van der Waals surface area contributed by atoms with Crippen LogP contribution in [0.4, 0.5) is 11.4 Å². The third-order valence-corrected chi connectivity index (χ3v) is 3.55. The van der Waals surface area contributed by atoms with Gasteiger partial charge >= 0.3 is 0 Å². The molecule has 0 saturated carbocycles. The van der Waals surface area contributed by atoms with E-state index in [1.54, 1.807) is 12.1 Å². The zero-order chi connectivity index (χ0) is 14.5. The summed E-state index contributed by atoms with van der Waals surface area (Å²) < 4.78 is 0. The van der Waals surface area contributed by atoms with Crippen LogP contribution >= 0.6 is 11.6 Å². The first-order valence-electron chi connectivity index (χ1n) is 6.43. The van der Waals surface area contributed by atoms with Crippen molar-refractivity contribution >= 4 is 23.0 Å². The molecular weight excluding hydrogens is 270 g/mol. The van der Waals surface area contributed by atoms with Crippen LogP contribution in [0.3, 0.4) is 0 Å². The largest absolute Gasteiger partial charge is 0.397 e. The van der Waals surface area contributed by atoms with Crippen LogP contribution in [-0.2, 0) is 6.54 Å². The second-order valence-electron chi connectivity index (χ2n) is 4.49. The van der Waals surface area contributed by atoms with Crippen LogP contribution in [0.15, 0.2) is 42.5 Å². The van der Waals surface area contributed by atoms with Crippen molar-refractivity contribution in [3.63, 3.8) is 0 Å². The predicted molar refractivity (Wildman–Crippen MR) is 83.7 cm³/mol. The van der Waals surface area contributed by atoms with Gasteiger partial charge in [-0.05, 0) is 36.8 Å². The quantitative estimate of drug-likeness (QED) is 0.869. The zero-order valence-electron chi connectivity index (χ0n) is 11.3. The third-order valence-electron chi connectivity index (χ3n) is 3.20. The van der Waals surface area contributed by atoms with Crippen molar-refractivity contribution in [3.8, 4) is 6.07 Å². The second kappa shape index (κ2) is 6.31. The first kappa shape index (κ1) is 14.2. The van der Waals surface area contributed by atoms with Gasteiger partial charge in [0.15, 0.2) is 0 Å². The number of hydrogen-bond acceptors (Lipinski definition) is 3. The van der Waals surface area contributed by atoms with Gasteiger partial charge in [-0.15, -0.1) is 0 Å². The standard InChI is InChI=1S/C16H16ClN3/c1-2-20(16-6-4-3-5-15(16)19)11-13-8-7-12(10-18)9-14(13)17/h3-9H,2,11,19H2,1H3. The van der Waals surface area contributed by atoms with Crippen molar-refractivity contribution in [3.05, 3.63) is 58.6 Å². The van der Waals surface area contributed by atoms with E-state index in [9.17, 15) is 0 Å². The Kier molecular flexibility index (Phi) is 4.49. The maximum absolute atomic E-state index is 8.86. The average Bonchev–Trinajstić information content (AvgIpc) is 2.47. The summed E-state index contributed by atoms with van der Waals surface area (Å²) >= 11 is 6.23. The summed E-state index contributed by atoms with van der Waals surface area (Å²) in [6.45, 7) is 3.56. The van der Waals surface area contributed by atoms with E-state index in [4.69, 9.17) is 22.6 Å². The van der Waals surface area contributed by atoms with E-state index in [0.29, 0.717) is 17.1 Å². The number of nitrogens with two attached hydrogens (primary N) is 1. The van der Waals surface area contributed by atoms with Crippen molar-refractivity contribution < 1.29 is 0 Å². The van der Waals surface area contributed by atoms with Crippen molar-refractivity contribution in [1.82, 2.24) is 0 Å². The van der Waals surface area contributed by atoms with E-state index >= 15 is 0 Å². The highest BCUT2D eigenvalue weighted by atomic mass is 35.5. The number of hydrogen-bond donors (Lipinski definition) is 1. The van der Waals surface area contributed by atoms with Gasteiger partial charge in [-0.1, -0.05) is 29.8 Å². The van der Waals surface area contributed by atoms with Gasteiger partial charge in [0.25, 0.3) is 0 Å². The van der Waals surface area contributed by atoms with Crippen LogP contribution in [0.25, 0.3) is 0 Å². The molecule has 0 saturated heterocycles. The Morgan fingerprint density at radius 2 is 2.00 bits per heavy atom. The molecule has 0 spiro atoms. The summed E-state index contributed by atoms with van der Waals surface area (Å²) in [5.74, 6) is 0. The van der Waals surface area contributed by atoms with Crippen LogP contribution in [0.1, 0.15) is 18.1 Å². The molecule has 0 aliphatic heterocycles. The Morgan fingerprint density at radius 1 is 1.25 bits per heavy atom. The molecule has 0 fully saturated rings. The molecule has 0 radical (unpaired) electrons. The van der Waals surface area contributed by atoms with Crippen LogP contribution in [0, 0.1) is 11.3 Å². The maximum atomic E-state index is 8.86. The Bertz CT molecular complexity index is 646.